The summed E-state index contributed by atoms with van der Waals surface area (Å²) >= 11 is 4.98. The van der Waals surface area contributed by atoms with Gasteiger partial charge in [-0.25, -0.2) is 0 Å². The standard InChI is InChI=1S/C11H17NS.C2H6.CH3F/c1-9(3-4-10(2)13)11-5-7-12-8-6-11;2*1-2/h3-4,11-12H,1,5-8H2,2H3;1-2H3;1H3/b4-3-;;. The second-order valence-electron chi connectivity index (χ2n) is 3.54. The number of halogens is 1. The molecule has 1 heterocycles. The quantitative estimate of drug-likeness (QED) is 0.465. The lowest BCUT2D eigenvalue weighted by Gasteiger charge is -2.22. The fourth-order valence-corrected chi connectivity index (χ4v) is 1.62. The Morgan fingerprint density at radius 2 is 1.71 bits per heavy atom. The maximum absolute atomic E-state index is 9.50. The van der Waals surface area contributed by atoms with E-state index in [2.05, 4.69) is 18.0 Å². The Hall–Kier alpha value is -0.540. The Morgan fingerprint density at radius 3 is 2.12 bits per heavy atom. The van der Waals surface area contributed by atoms with Crippen LogP contribution in [0.3, 0.4) is 0 Å². The van der Waals surface area contributed by atoms with Crippen LogP contribution in [0.5, 0.6) is 0 Å². The molecule has 17 heavy (non-hydrogen) atoms. The SMILES string of the molecule is C=C(/C=C\C(C)=S)C1CCNCC1.CC.CF. The summed E-state index contributed by atoms with van der Waals surface area (Å²) in [5, 5.41) is 3.34. The van der Waals surface area contributed by atoms with E-state index >= 15 is 0 Å². The lowest BCUT2D eigenvalue weighted by atomic mass is 9.90. The molecule has 0 spiro atoms. The molecular formula is C14H26FNS. The molecular weight excluding hydrogens is 233 g/mol. The number of hydrogen-bond acceptors (Lipinski definition) is 2. The molecule has 0 aromatic heterocycles. The first-order chi connectivity index (χ1) is 8.20. The molecule has 0 aromatic carbocycles. The van der Waals surface area contributed by atoms with Crippen LogP contribution in [0.25, 0.3) is 0 Å². The third-order valence-electron chi connectivity index (χ3n) is 2.40. The fourth-order valence-electron chi connectivity index (χ4n) is 1.55. The summed E-state index contributed by atoms with van der Waals surface area (Å²) in [4.78, 5) is 0.926. The summed E-state index contributed by atoms with van der Waals surface area (Å²) in [6.07, 6.45) is 6.46. The highest BCUT2D eigenvalue weighted by Crippen LogP contribution is 2.20. The number of piperidine rings is 1. The topological polar surface area (TPSA) is 12.0 Å². The van der Waals surface area contributed by atoms with Crippen molar-refractivity contribution in [2.75, 3.05) is 20.3 Å². The van der Waals surface area contributed by atoms with Crippen molar-refractivity contribution in [3.8, 4) is 0 Å². The predicted octanol–water partition coefficient (Wildman–Crippen LogP) is 4.10. The molecule has 0 amide bonds. The number of thiocarbonyl (C=S) groups is 1. The average Bonchev–Trinajstić information content (AvgIpc) is 2.41. The van der Waals surface area contributed by atoms with Gasteiger partial charge in [0.25, 0.3) is 0 Å². The normalized spacial score (nSPS) is 15.4. The van der Waals surface area contributed by atoms with Gasteiger partial charge < -0.3 is 5.32 Å². The summed E-state index contributed by atoms with van der Waals surface area (Å²) in [5.74, 6) is 0.659. The van der Waals surface area contributed by atoms with E-state index in [0.29, 0.717) is 13.1 Å². The van der Waals surface area contributed by atoms with E-state index in [0.717, 1.165) is 18.0 Å². The Morgan fingerprint density at radius 1 is 1.24 bits per heavy atom. The number of rotatable bonds is 3. The first kappa shape index (κ1) is 18.8. The minimum absolute atomic E-state index is 0.500. The van der Waals surface area contributed by atoms with E-state index in [9.17, 15) is 4.39 Å². The lowest BCUT2D eigenvalue weighted by molar-refractivity contribution is 0.426. The van der Waals surface area contributed by atoms with E-state index < -0.39 is 0 Å². The van der Waals surface area contributed by atoms with Crippen molar-refractivity contribution in [2.45, 2.75) is 33.6 Å². The van der Waals surface area contributed by atoms with E-state index in [1.165, 1.54) is 18.4 Å². The molecule has 1 rings (SSSR count). The van der Waals surface area contributed by atoms with Gasteiger partial charge in [0.1, 0.15) is 0 Å². The molecule has 0 bridgehead atoms. The second-order valence-corrected chi connectivity index (χ2v) is 4.19. The minimum atomic E-state index is 0.500. The van der Waals surface area contributed by atoms with Gasteiger partial charge in [0.2, 0.25) is 0 Å². The van der Waals surface area contributed by atoms with Crippen molar-refractivity contribution in [3.05, 3.63) is 24.3 Å². The summed E-state index contributed by atoms with van der Waals surface area (Å²) in [6, 6.07) is 0. The number of allylic oxidation sites excluding steroid dienone is 3. The molecule has 1 saturated heterocycles. The van der Waals surface area contributed by atoms with Gasteiger partial charge in [-0.1, -0.05) is 44.3 Å². The van der Waals surface area contributed by atoms with Crippen molar-refractivity contribution in [1.29, 1.82) is 0 Å². The van der Waals surface area contributed by atoms with Gasteiger partial charge in [0, 0.05) is 4.86 Å². The van der Waals surface area contributed by atoms with Crippen molar-refractivity contribution < 1.29 is 4.39 Å². The van der Waals surface area contributed by atoms with Crippen LogP contribution in [0.1, 0.15) is 33.6 Å². The highest BCUT2D eigenvalue weighted by molar-refractivity contribution is 7.80. The largest absolute Gasteiger partial charge is 0.317 e. The van der Waals surface area contributed by atoms with E-state index in [-0.39, 0.29) is 0 Å². The Bertz CT molecular complexity index is 230. The Balaban J connectivity index is 0. The highest BCUT2D eigenvalue weighted by atomic mass is 32.1. The molecule has 1 aliphatic rings. The van der Waals surface area contributed by atoms with E-state index in [1.54, 1.807) is 0 Å². The van der Waals surface area contributed by atoms with Crippen LogP contribution in [-0.4, -0.2) is 25.1 Å². The zero-order valence-electron chi connectivity index (χ0n) is 11.6. The fraction of sp³-hybridized carbons (Fsp3) is 0.643. The second kappa shape index (κ2) is 13.5. The number of alkyl halides is 1. The van der Waals surface area contributed by atoms with Gasteiger partial charge in [0.05, 0.1) is 7.18 Å². The molecule has 1 N–H and O–H groups in total. The van der Waals surface area contributed by atoms with Crippen molar-refractivity contribution in [2.24, 2.45) is 5.92 Å². The molecule has 0 atom stereocenters. The third-order valence-corrected chi connectivity index (χ3v) is 2.53. The first-order valence-corrected chi connectivity index (χ1v) is 6.57. The zero-order valence-corrected chi connectivity index (χ0v) is 12.4. The van der Waals surface area contributed by atoms with Gasteiger partial charge in [-0.3, -0.25) is 4.39 Å². The molecule has 3 heteroatoms. The maximum Gasteiger partial charge on any atom is 0.0785 e. The summed E-state index contributed by atoms with van der Waals surface area (Å²) in [5.41, 5.74) is 1.23. The molecule has 1 nitrogen and oxygen atoms in total. The van der Waals surface area contributed by atoms with Crippen LogP contribution in [0.2, 0.25) is 0 Å². The molecule has 0 radical (unpaired) electrons. The minimum Gasteiger partial charge on any atom is -0.317 e. The van der Waals surface area contributed by atoms with Gasteiger partial charge in [-0.05, 0) is 44.8 Å². The summed E-state index contributed by atoms with van der Waals surface area (Å²) in [6.45, 7) is 12.2. The molecule has 0 unspecified atom stereocenters. The molecule has 1 fully saturated rings. The van der Waals surface area contributed by atoms with Crippen LogP contribution < -0.4 is 5.32 Å². The average molecular weight is 259 g/mol. The monoisotopic (exact) mass is 259 g/mol. The van der Waals surface area contributed by atoms with Crippen molar-refractivity contribution in [1.82, 2.24) is 5.32 Å². The Kier molecular flexibility index (Phi) is 15.0. The third kappa shape index (κ3) is 10.3. The first-order valence-electron chi connectivity index (χ1n) is 6.16. The molecule has 1 aliphatic heterocycles. The molecule has 0 aromatic rings. The highest BCUT2D eigenvalue weighted by Gasteiger charge is 2.13. The van der Waals surface area contributed by atoms with E-state index in [4.69, 9.17) is 12.2 Å². The van der Waals surface area contributed by atoms with Crippen LogP contribution >= 0.6 is 12.2 Å². The smallest absolute Gasteiger partial charge is 0.0785 e. The zero-order chi connectivity index (χ0) is 13.7. The number of nitrogens with one attached hydrogen (secondary N) is 1. The van der Waals surface area contributed by atoms with E-state index in [1.807, 2.05) is 26.8 Å². The van der Waals surface area contributed by atoms with Crippen molar-refractivity contribution in [3.63, 3.8) is 0 Å². The Labute approximate surface area is 111 Å². The molecule has 0 saturated carbocycles. The van der Waals surface area contributed by atoms with Crippen molar-refractivity contribution >= 4 is 17.1 Å². The summed E-state index contributed by atoms with van der Waals surface area (Å²) < 4.78 is 9.50. The molecule has 0 aliphatic carbocycles. The molecule has 100 valence electrons. The van der Waals surface area contributed by atoms with Crippen LogP contribution in [0, 0.1) is 5.92 Å². The van der Waals surface area contributed by atoms with Gasteiger partial charge in [0.15, 0.2) is 0 Å². The van der Waals surface area contributed by atoms with Crippen LogP contribution in [0.4, 0.5) is 4.39 Å². The van der Waals surface area contributed by atoms with Crippen LogP contribution in [0.15, 0.2) is 24.3 Å². The number of hydrogen-bond donors (Lipinski definition) is 1. The van der Waals surface area contributed by atoms with Gasteiger partial charge in [-0.15, -0.1) is 0 Å². The van der Waals surface area contributed by atoms with Gasteiger partial charge in [-0.2, -0.15) is 0 Å². The lowest BCUT2D eigenvalue weighted by Crippen LogP contribution is -2.28. The summed E-state index contributed by atoms with van der Waals surface area (Å²) in [7, 11) is 0.500. The van der Waals surface area contributed by atoms with Gasteiger partial charge >= 0.3 is 0 Å². The van der Waals surface area contributed by atoms with Crippen LogP contribution in [-0.2, 0) is 0 Å². The maximum atomic E-state index is 9.50. The predicted molar refractivity (Wildman–Crippen MR) is 80.5 cm³/mol.